The van der Waals surface area contributed by atoms with Gasteiger partial charge in [0.2, 0.25) is 5.75 Å². The first-order chi connectivity index (χ1) is 53.6. The molecule has 10 N–H and O–H groups in total. The molecule has 586 valence electrons. The standard InChI is InChI=1S/C20H24O3.C19H21NO6.C19H14O4.C16H22O4.C15H11BrO4/c21-17(3-1-13-2-4-18(22)19(23)8-13)12-20-9-14-5-15(10-20)7-16(6-14)11-20;21-15-3-1-14(17(18(15)23)20(24)25)2-4-16(22)26-19-8-11-5-12(9-19)7-13(6-11)10-19;20-17-9-5-13(11-18(17)21)6-10-19(22)23-16-8-7-14-3-1-2-4-15(14)12-16;1-3-4-5-6-12(2)20-16(19)10-8-13-7-9-14(17)15(18)11-13;16-14-10(6-8-12(17)15(14)19)7-9-13(18)20-11-4-2-1-3-5-11/h1-4,8,14-16,22-23H,5-7,9-12H2;1-4,11-13,21,23H,5-10H2;1-12,20-21H;7-12,17-18H,3-6H2,1-2H3;1-9,17,19H/b3-1+;4-2+;10-6+;10-8+;9-7+. The van der Waals surface area contributed by atoms with Crippen LogP contribution in [0.15, 0.2) is 187 Å². The molecule has 23 heteroatoms. The average molecular weight is 1590 g/mol. The van der Waals surface area contributed by atoms with Crippen molar-refractivity contribution in [3.63, 3.8) is 0 Å². The number of halogens is 1. The minimum absolute atomic E-state index is 0.0350. The second-order valence-electron chi connectivity index (χ2n) is 29.9. The van der Waals surface area contributed by atoms with Crippen LogP contribution in [0.4, 0.5) is 5.69 Å². The predicted molar refractivity (Wildman–Crippen MR) is 427 cm³/mol. The first kappa shape index (κ1) is 82.6. The van der Waals surface area contributed by atoms with Gasteiger partial charge in [-0.2, -0.15) is 0 Å². The van der Waals surface area contributed by atoms with Crippen LogP contribution in [-0.2, 0) is 33.4 Å². The van der Waals surface area contributed by atoms with Gasteiger partial charge in [0.1, 0.15) is 17.1 Å². The third-order valence-electron chi connectivity index (χ3n) is 21.0. The number of esters is 4. The van der Waals surface area contributed by atoms with Crippen LogP contribution in [0.25, 0.3) is 41.2 Å². The van der Waals surface area contributed by atoms with E-state index in [1.165, 1.54) is 143 Å². The van der Waals surface area contributed by atoms with Crippen LogP contribution >= 0.6 is 15.9 Å². The molecule has 0 heterocycles. The Kier molecular flexibility index (Phi) is 28.2. The fraction of sp³-hybridized carbons (Fsp3) is 0.315. The minimum Gasteiger partial charge on any atom is -0.504 e. The summed E-state index contributed by atoms with van der Waals surface area (Å²) >= 11 is 3.13. The maximum atomic E-state index is 12.5. The zero-order valence-corrected chi connectivity index (χ0v) is 63.6. The number of hydrogen-bond acceptors (Lipinski definition) is 21. The van der Waals surface area contributed by atoms with Crippen LogP contribution in [0.5, 0.6) is 69.0 Å². The summed E-state index contributed by atoms with van der Waals surface area (Å²) in [5.41, 5.74) is 1.78. The number of hydrogen-bond donors (Lipinski definition) is 10. The monoisotopic (exact) mass is 1590 g/mol. The van der Waals surface area contributed by atoms with Gasteiger partial charge in [-0.15, -0.1) is 0 Å². The van der Waals surface area contributed by atoms with E-state index in [-0.39, 0.29) is 74.5 Å². The Labute approximate surface area is 656 Å². The molecule has 0 spiro atoms. The molecular formula is C89H92BrNO21. The second-order valence-corrected chi connectivity index (χ2v) is 30.7. The summed E-state index contributed by atoms with van der Waals surface area (Å²) in [4.78, 5) is 70.2. The molecule has 22 nitrogen and oxygen atoms in total. The highest BCUT2D eigenvalue weighted by Crippen LogP contribution is 2.62. The number of nitro benzene ring substituents is 1. The van der Waals surface area contributed by atoms with E-state index < -0.39 is 46.0 Å². The Bertz CT molecular complexity index is 4800. The SMILES string of the molecule is CCCCCC(C)OC(=O)/C=C/c1ccc(O)c(O)c1.O=C(/C=C/c1ccc(O)c(O)c1)CC12CC3CC(CC(C3)C1)C2.O=C(/C=C/c1ccc(O)c(O)c1)Oc1ccc2ccccc2c1.O=C(/C=C/c1ccc(O)c(O)c1Br)Oc1ccccc1.O=C(/C=C/c1ccc(O)c(O)c1[N+](=O)[O-])OC12CC3CC(CC(C3)C1)C2. The van der Waals surface area contributed by atoms with E-state index in [1.54, 1.807) is 78.9 Å². The maximum absolute atomic E-state index is 12.5. The molecule has 8 bridgehead atoms. The van der Waals surface area contributed by atoms with Crippen molar-refractivity contribution in [2.45, 2.75) is 135 Å². The van der Waals surface area contributed by atoms with Crippen LogP contribution in [0, 0.1) is 51.0 Å². The van der Waals surface area contributed by atoms with Gasteiger partial charge < -0.3 is 70.0 Å². The molecule has 8 saturated carbocycles. The summed E-state index contributed by atoms with van der Waals surface area (Å²) in [7, 11) is 0. The van der Waals surface area contributed by atoms with Gasteiger partial charge in [0.25, 0.3) is 0 Å². The lowest BCUT2D eigenvalue weighted by atomic mass is 9.48. The first-order valence-electron chi connectivity index (χ1n) is 37.4. The molecule has 0 amide bonds. The maximum Gasteiger partial charge on any atom is 0.336 e. The van der Waals surface area contributed by atoms with Gasteiger partial charge in [0.15, 0.2) is 57.5 Å². The van der Waals surface area contributed by atoms with Gasteiger partial charge >= 0.3 is 29.6 Å². The predicted octanol–water partition coefficient (Wildman–Crippen LogP) is 18.8. The summed E-state index contributed by atoms with van der Waals surface area (Å²) in [5.74, 6) is 0.642. The van der Waals surface area contributed by atoms with Crippen LogP contribution in [-0.4, -0.2) is 97.4 Å². The van der Waals surface area contributed by atoms with Gasteiger partial charge in [-0.25, -0.2) is 19.2 Å². The Balaban J connectivity index is 0.000000149. The second kappa shape index (κ2) is 38.2. The number of nitro groups is 1. The number of benzene rings is 8. The van der Waals surface area contributed by atoms with Crippen molar-refractivity contribution in [2.24, 2.45) is 40.9 Å². The van der Waals surface area contributed by atoms with Crippen LogP contribution in [0.2, 0.25) is 0 Å². The smallest absolute Gasteiger partial charge is 0.336 e. The third kappa shape index (κ3) is 23.4. The molecule has 8 aromatic rings. The van der Waals surface area contributed by atoms with Gasteiger partial charge in [-0.3, -0.25) is 14.9 Å². The zero-order chi connectivity index (χ0) is 80.2. The highest BCUT2D eigenvalue weighted by atomic mass is 79.9. The highest BCUT2D eigenvalue weighted by Gasteiger charge is 2.54. The number of phenolic OH excluding ortho intramolecular Hbond substituents is 10. The largest absolute Gasteiger partial charge is 0.504 e. The Morgan fingerprint density at radius 3 is 1.42 bits per heavy atom. The fourth-order valence-electron chi connectivity index (χ4n) is 16.7. The van der Waals surface area contributed by atoms with Crippen molar-refractivity contribution < 1.29 is 98.9 Å². The van der Waals surface area contributed by atoms with Gasteiger partial charge in [0.05, 0.1) is 21.1 Å². The minimum atomic E-state index is -0.813. The Hall–Kier alpha value is -11.9. The topological polar surface area (TPSA) is 368 Å². The van der Waals surface area contributed by atoms with E-state index in [0.29, 0.717) is 56.8 Å². The molecule has 0 aromatic heterocycles. The number of phenols is 10. The van der Waals surface area contributed by atoms with E-state index in [0.717, 1.165) is 91.2 Å². The molecule has 8 aromatic carbocycles. The zero-order valence-electron chi connectivity index (χ0n) is 62.1. The van der Waals surface area contributed by atoms with E-state index in [1.807, 2.05) is 43.3 Å². The van der Waals surface area contributed by atoms with Crippen LogP contribution in [0.3, 0.4) is 0 Å². The third-order valence-corrected chi connectivity index (χ3v) is 21.8. The number of ketones is 1. The number of ether oxygens (including phenoxy) is 4. The summed E-state index contributed by atoms with van der Waals surface area (Å²) in [5, 5.41) is 107. The lowest BCUT2D eigenvalue weighted by molar-refractivity contribution is -0.386. The molecule has 1 unspecified atom stereocenters. The van der Waals surface area contributed by atoms with Crippen LogP contribution in [0.1, 0.15) is 151 Å². The molecule has 1 atom stereocenters. The van der Waals surface area contributed by atoms with Crippen molar-refractivity contribution in [3.8, 4) is 69.0 Å². The quantitative estimate of drug-likeness (QED) is 0.00607. The molecule has 0 aliphatic heterocycles. The molecular weight excluding hydrogens is 1500 g/mol. The van der Waals surface area contributed by atoms with Gasteiger partial charge in [0, 0.05) is 30.7 Å². The summed E-state index contributed by atoms with van der Waals surface area (Å²) in [6.45, 7) is 4.01. The number of fused-ring (bicyclic) bond motifs is 1. The van der Waals surface area contributed by atoms with Crippen LogP contribution < -0.4 is 9.47 Å². The number of para-hydroxylation sites is 1. The number of carbonyl (C=O) groups excluding carboxylic acids is 5. The highest BCUT2D eigenvalue weighted by molar-refractivity contribution is 9.10. The van der Waals surface area contributed by atoms with Gasteiger partial charge in [-0.05, 0) is 302 Å². The first-order valence-corrected chi connectivity index (χ1v) is 38.2. The Morgan fingerprint density at radius 1 is 0.464 bits per heavy atom. The molecule has 8 aliphatic rings. The number of unbranched alkanes of at least 4 members (excludes halogenated alkanes) is 2. The van der Waals surface area contributed by atoms with Crippen molar-refractivity contribution >= 4 is 92.4 Å². The van der Waals surface area contributed by atoms with Crippen molar-refractivity contribution in [3.05, 3.63) is 224 Å². The lowest BCUT2D eigenvalue weighted by Gasteiger charge is -2.56. The van der Waals surface area contributed by atoms with Gasteiger partial charge in [-0.1, -0.05) is 92.6 Å². The summed E-state index contributed by atoms with van der Waals surface area (Å²) < 4.78 is 21.7. The van der Waals surface area contributed by atoms with Crippen molar-refractivity contribution in [2.75, 3.05) is 0 Å². The molecule has 8 aliphatic carbocycles. The average Bonchev–Trinajstić information content (AvgIpc) is 0.753. The molecule has 16 rings (SSSR count). The fourth-order valence-corrected chi connectivity index (χ4v) is 17.2. The Morgan fingerprint density at radius 2 is 0.902 bits per heavy atom. The number of carbonyl (C=O) groups is 5. The number of allylic oxidation sites excluding steroid dienone is 1. The number of aromatic hydroxyl groups is 10. The van der Waals surface area contributed by atoms with E-state index in [2.05, 4.69) is 22.9 Å². The molecule has 8 fully saturated rings. The normalized spacial score (nSPS) is 21.0. The summed E-state index contributed by atoms with van der Waals surface area (Å²) in [6, 6.07) is 40.5. The molecule has 112 heavy (non-hydrogen) atoms. The number of nitrogens with zero attached hydrogens (tertiary/aromatic N) is 1. The van der Waals surface area contributed by atoms with E-state index >= 15 is 0 Å². The number of rotatable bonds is 21. The van der Waals surface area contributed by atoms with Crippen molar-refractivity contribution in [1.82, 2.24) is 0 Å². The molecule has 0 radical (unpaired) electrons. The summed E-state index contributed by atoms with van der Waals surface area (Å²) in [6.07, 6.45) is 33.4. The van der Waals surface area contributed by atoms with Crippen molar-refractivity contribution in [1.29, 1.82) is 0 Å². The van der Waals surface area contributed by atoms with E-state index in [9.17, 15) is 85.2 Å². The van der Waals surface area contributed by atoms with E-state index in [4.69, 9.17) is 18.9 Å². The lowest BCUT2D eigenvalue weighted by Crippen LogP contribution is -2.52. The molecule has 0 saturated heterocycles.